The van der Waals surface area contributed by atoms with E-state index in [2.05, 4.69) is 17.1 Å². The van der Waals surface area contributed by atoms with Crippen molar-refractivity contribution in [2.45, 2.75) is 32.4 Å². The minimum absolute atomic E-state index is 0.0728. The summed E-state index contributed by atoms with van der Waals surface area (Å²) in [5.74, 6) is 1.06. The summed E-state index contributed by atoms with van der Waals surface area (Å²) in [5, 5.41) is 0. The smallest absolute Gasteiger partial charge is 0.226 e. The average Bonchev–Trinajstić information content (AvgIpc) is 3.08. The van der Waals surface area contributed by atoms with Gasteiger partial charge in [0.25, 0.3) is 0 Å². The summed E-state index contributed by atoms with van der Waals surface area (Å²) in [6, 6.07) is 9.53. The largest absolute Gasteiger partial charge is 0.467 e. The molecule has 4 nitrogen and oxygen atoms in total. The Morgan fingerprint density at radius 3 is 2.86 bits per heavy atom. The highest BCUT2D eigenvalue weighted by Gasteiger charge is 2.25. The van der Waals surface area contributed by atoms with Crippen molar-refractivity contribution in [3.05, 3.63) is 66.4 Å². The molecule has 0 radical (unpaired) electrons. The van der Waals surface area contributed by atoms with Crippen molar-refractivity contribution < 1.29 is 9.21 Å². The number of furan rings is 1. The van der Waals surface area contributed by atoms with Crippen LogP contribution in [0.4, 0.5) is 0 Å². The van der Waals surface area contributed by atoms with Gasteiger partial charge in [0.2, 0.25) is 5.91 Å². The van der Waals surface area contributed by atoms with Gasteiger partial charge in [0, 0.05) is 12.1 Å². The lowest BCUT2D eigenvalue weighted by Crippen LogP contribution is -2.35. The van der Waals surface area contributed by atoms with Gasteiger partial charge in [0.15, 0.2) is 0 Å². The molecule has 1 unspecified atom stereocenters. The second kappa shape index (κ2) is 7.07. The third-order valence-corrected chi connectivity index (χ3v) is 3.94. The predicted molar refractivity (Wildman–Crippen MR) is 83.7 cm³/mol. The second-order valence-electron chi connectivity index (χ2n) is 5.58. The molecule has 4 heteroatoms. The Morgan fingerprint density at radius 1 is 1.23 bits per heavy atom. The molecular weight excluding hydrogens is 276 g/mol. The van der Waals surface area contributed by atoms with Crippen molar-refractivity contribution >= 4 is 5.91 Å². The number of rotatable bonds is 5. The van der Waals surface area contributed by atoms with Gasteiger partial charge in [-0.15, -0.1) is 0 Å². The third-order valence-electron chi connectivity index (χ3n) is 3.94. The van der Waals surface area contributed by atoms with Crippen molar-refractivity contribution in [2.24, 2.45) is 5.92 Å². The summed E-state index contributed by atoms with van der Waals surface area (Å²) < 4.78 is 5.41. The number of hydrogen-bond acceptors (Lipinski definition) is 3. The van der Waals surface area contributed by atoms with Crippen LogP contribution in [0.15, 0.2) is 59.4 Å². The Hall–Kier alpha value is -2.36. The molecule has 1 aliphatic rings. The van der Waals surface area contributed by atoms with E-state index in [1.165, 1.54) is 0 Å². The van der Waals surface area contributed by atoms with Gasteiger partial charge in [-0.05, 0) is 43.5 Å². The first-order valence-electron chi connectivity index (χ1n) is 7.69. The lowest BCUT2D eigenvalue weighted by Gasteiger charge is -2.27. The maximum Gasteiger partial charge on any atom is 0.226 e. The van der Waals surface area contributed by atoms with Gasteiger partial charge in [-0.1, -0.05) is 18.2 Å². The number of carbonyl (C=O) groups is 1. The van der Waals surface area contributed by atoms with Gasteiger partial charge in [-0.2, -0.15) is 0 Å². The van der Waals surface area contributed by atoms with Gasteiger partial charge < -0.3 is 9.32 Å². The fourth-order valence-corrected chi connectivity index (χ4v) is 2.77. The fraction of sp³-hybridized carbons (Fsp3) is 0.333. The molecule has 0 N–H and O–H groups in total. The molecule has 2 heterocycles. The summed E-state index contributed by atoms with van der Waals surface area (Å²) in [5.41, 5.74) is 0.897. The van der Waals surface area contributed by atoms with E-state index in [-0.39, 0.29) is 11.8 Å². The first-order chi connectivity index (χ1) is 10.8. The molecule has 0 saturated heterocycles. The van der Waals surface area contributed by atoms with Gasteiger partial charge >= 0.3 is 0 Å². The molecule has 22 heavy (non-hydrogen) atoms. The summed E-state index contributed by atoms with van der Waals surface area (Å²) in [6.07, 6.45) is 10.4. The Kier molecular flexibility index (Phi) is 4.68. The predicted octanol–water partition coefficient (Wildman–Crippen LogP) is 3.56. The zero-order chi connectivity index (χ0) is 15.2. The average molecular weight is 296 g/mol. The van der Waals surface area contributed by atoms with Crippen LogP contribution in [0.1, 0.15) is 30.7 Å². The molecule has 1 amide bonds. The molecule has 3 rings (SSSR count). The van der Waals surface area contributed by atoms with E-state index in [0.29, 0.717) is 13.1 Å². The van der Waals surface area contributed by atoms with E-state index in [1.807, 2.05) is 35.2 Å². The van der Waals surface area contributed by atoms with Crippen molar-refractivity contribution in [2.75, 3.05) is 0 Å². The van der Waals surface area contributed by atoms with Crippen molar-refractivity contribution in [3.63, 3.8) is 0 Å². The number of pyridine rings is 1. The highest BCUT2D eigenvalue weighted by atomic mass is 16.3. The van der Waals surface area contributed by atoms with Crippen molar-refractivity contribution in [1.29, 1.82) is 0 Å². The summed E-state index contributed by atoms with van der Waals surface area (Å²) in [6.45, 7) is 1.00. The number of amides is 1. The van der Waals surface area contributed by atoms with Crippen LogP contribution < -0.4 is 0 Å². The number of hydrogen-bond donors (Lipinski definition) is 0. The van der Waals surface area contributed by atoms with Crippen LogP contribution in [0.2, 0.25) is 0 Å². The van der Waals surface area contributed by atoms with E-state index in [1.54, 1.807) is 12.5 Å². The van der Waals surface area contributed by atoms with E-state index >= 15 is 0 Å². The second-order valence-corrected chi connectivity index (χ2v) is 5.58. The molecule has 0 spiro atoms. The van der Waals surface area contributed by atoms with E-state index in [9.17, 15) is 4.79 Å². The molecule has 2 aromatic heterocycles. The molecule has 0 bridgehead atoms. The molecule has 2 aromatic rings. The highest BCUT2D eigenvalue weighted by Crippen LogP contribution is 2.22. The lowest BCUT2D eigenvalue weighted by molar-refractivity contribution is -0.137. The van der Waals surface area contributed by atoms with E-state index in [0.717, 1.165) is 30.7 Å². The topological polar surface area (TPSA) is 46.3 Å². The zero-order valence-corrected chi connectivity index (χ0v) is 12.5. The maximum atomic E-state index is 12.9. The van der Waals surface area contributed by atoms with E-state index in [4.69, 9.17) is 4.42 Å². The minimum atomic E-state index is 0.0728. The number of nitrogens with zero attached hydrogens (tertiary/aromatic N) is 2. The van der Waals surface area contributed by atoms with Crippen LogP contribution in [0, 0.1) is 5.92 Å². The van der Waals surface area contributed by atoms with Crippen molar-refractivity contribution in [1.82, 2.24) is 9.88 Å². The fourth-order valence-electron chi connectivity index (χ4n) is 2.77. The Labute approximate surface area is 130 Å². The monoisotopic (exact) mass is 296 g/mol. The molecular formula is C18H20N2O2. The molecule has 114 valence electrons. The van der Waals surface area contributed by atoms with Crippen LogP contribution >= 0.6 is 0 Å². The normalized spacial score (nSPS) is 17.4. The van der Waals surface area contributed by atoms with Crippen LogP contribution in [0.25, 0.3) is 0 Å². The molecule has 0 aliphatic heterocycles. The van der Waals surface area contributed by atoms with Crippen LogP contribution in [-0.4, -0.2) is 15.8 Å². The van der Waals surface area contributed by atoms with E-state index < -0.39 is 0 Å². The zero-order valence-electron chi connectivity index (χ0n) is 12.5. The van der Waals surface area contributed by atoms with Crippen LogP contribution in [0.3, 0.4) is 0 Å². The number of aromatic nitrogens is 1. The molecule has 0 fully saturated rings. The minimum Gasteiger partial charge on any atom is -0.467 e. The maximum absolute atomic E-state index is 12.9. The third kappa shape index (κ3) is 3.64. The summed E-state index contributed by atoms with van der Waals surface area (Å²) in [4.78, 5) is 19.0. The summed E-state index contributed by atoms with van der Waals surface area (Å²) in [7, 11) is 0. The van der Waals surface area contributed by atoms with Crippen LogP contribution in [0.5, 0.6) is 0 Å². The molecule has 0 saturated carbocycles. The lowest BCUT2D eigenvalue weighted by atomic mass is 9.93. The van der Waals surface area contributed by atoms with Gasteiger partial charge in [-0.25, -0.2) is 0 Å². The quantitative estimate of drug-likeness (QED) is 0.793. The summed E-state index contributed by atoms with van der Waals surface area (Å²) >= 11 is 0. The molecule has 1 atom stereocenters. The molecule has 1 aliphatic carbocycles. The Bertz CT molecular complexity index is 620. The Balaban J connectivity index is 1.75. The van der Waals surface area contributed by atoms with Gasteiger partial charge in [0.1, 0.15) is 5.76 Å². The molecule has 0 aromatic carbocycles. The Morgan fingerprint density at radius 2 is 2.18 bits per heavy atom. The first kappa shape index (κ1) is 14.6. The van der Waals surface area contributed by atoms with Gasteiger partial charge in [0.05, 0.1) is 25.0 Å². The first-order valence-corrected chi connectivity index (χ1v) is 7.69. The highest BCUT2D eigenvalue weighted by molar-refractivity contribution is 5.79. The van der Waals surface area contributed by atoms with Crippen LogP contribution in [-0.2, 0) is 17.9 Å². The van der Waals surface area contributed by atoms with Crippen molar-refractivity contribution in [3.8, 4) is 0 Å². The number of allylic oxidation sites excluding steroid dienone is 2. The van der Waals surface area contributed by atoms with Gasteiger partial charge in [-0.3, -0.25) is 9.78 Å². The standard InChI is InChI=1S/C18H20N2O2/c21-18(15-7-2-1-3-8-15)20(14-17-10-6-12-22-17)13-16-9-4-5-11-19-16/h1-2,4-6,9-12,15H,3,7-8,13-14H2. The number of carbonyl (C=O) groups excluding carboxylic acids is 1. The SMILES string of the molecule is O=C(C1CC=CCC1)N(Cc1ccccn1)Cc1ccco1.